The van der Waals surface area contributed by atoms with Crippen LogP contribution < -0.4 is 20.9 Å². The highest BCUT2D eigenvalue weighted by molar-refractivity contribution is 7.80. The van der Waals surface area contributed by atoms with Crippen LogP contribution in [0.4, 0.5) is 5.69 Å². The summed E-state index contributed by atoms with van der Waals surface area (Å²) in [5.41, 5.74) is 5.78. The third-order valence-corrected chi connectivity index (χ3v) is 3.87. The van der Waals surface area contributed by atoms with Crippen LogP contribution in [-0.2, 0) is 6.54 Å². The first kappa shape index (κ1) is 19.4. The summed E-state index contributed by atoms with van der Waals surface area (Å²) in [7, 11) is 1.59. The minimum Gasteiger partial charge on any atom is -0.497 e. The summed E-state index contributed by atoms with van der Waals surface area (Å²) in [5, 5.41) is 13.8. The van der Waals surface area contributed by atoms with Crippen LogP contribution in [0.5, 0.6) is 5.75 Å². The molecule has 26 heavy (non-hydrogen) atoms. The number of thiocarbonyl (C=S) groups is 1. The van der Waals surface area contributed by atoms with Crippen LogP contribution in [0.3, 0.4) is 0 Å². The molecule has 0 spiro atoms. The Morgan fingerprint density at radius 3 is 2.50 bits per heavy atom. The van der Waals surface area contributed by atoms with E-state index in [1.807, 2.05) is 24.3 Å². The van der Waals surface area contributed by atoms with Gasteiger partial charge in [0.2, 0.25) is 0 Å². The number of carbonyl (C=O) groups is 1. The third-order valence-electron chi connectivity index (χ3n) is 3.31. The molecule has 0 atom stereocenters. The molecule has 2 rings (SSSR count). The van der Waals surface area contributed by atoms with Crippen molar-refractivity contribution >= 4 is 40.5 Å². The molecule has 0 saturated heterocycles. The number of hydrazine groups is 1. The van der Waals surface area contributed by atoms with Gasteiger partial charge in [-0.15, -0.1) is 0 Å². The molecule has 0 aliphatic heterocycles. The van der Waals surface area contributed by atoms with Gasteiger partial charge >= 0.3 is 0 Å². The number of carbonyl (C=O) groups excluding carboxylic acids is 1. The molecule has 0 fully saturated rings. The standard InChI is InChI=1S/C16H15ClN4O4S/c1-25-12-5-2-10(3-6-12)9-18-16(26)20-19-15(22)13-7-4-11(21(23)24)8-14(13)17/h2-8H,9H2,1H3,(H,19,22)(H2,18,20,26). The van der Waals surface area contributed by atoms with Gasteiger partial charge in [0.15, 0.2) is 5.11 Å². The van der Waals surface area contributed by atoms with Crippen LogP contribution in [0.1, 0.15) is 15.9 Å². The number of methoxy groups -OCH3 is 1. The van der Waals surface area contributed by atoms with E-state index in [1.54, 1.807) is 7.11 Å². The number of non-ortho nitro benzene ring substituents is 1. The third kappa shape index (κ3) is 5.30. The fraction of sp³-hybridized carbons (Fsp3) is 0.125. The van der Waals surface area contributed by atoms with Crippen molar-refractivity contribution in [3.05, 3.63) is 68.7 Å². The molecule has 1 amide bonds. The van der Waals surface area contributed by atoms with Gasteiger partial charge in [0, 0.05) is 18.7 Å². The molecule has 0 aliphatic carbocycles. The molecule has 2 aromatic carbocycles. The molecule has 0 aromatic heterocycles. The molecule has 0 heterocycles. The van der Waals surface area contributed by atoms with Crippen molar-refractivity contribution in [1.29, 1.82) is 0 Å². The van der Waals surface area contributed by atoms with E-state index in [0.29, 0.717) is 6.54 Å². The highest BCUT2D eigenvalue weighted by atomic mass is 35.5. The van der Waals surface area contributed by atoms with Crippen molar-refractivity contribution in [1.82, 2.24) is 16.2 Å². The zero-order valence-corrected chi connectivity index (χ0v) is 15.2. The Balaban J connectivity index is 1.84. The Hall–Kier alpha value is -2.91. The minimum atomic E-state index is -0.593. The maximum Gasteiger partial charge on any atom is 0.271 e. The second-order valence-corrected chi connectivity index (χ2v) is 5.85. The van der Waals surface area contributed by atoms with E-state index in [0.717, 1.165) is 17.4 Å². The van der Waals surface area contributed by atoms with E-state index in [2.05, 4.69) is 16.2 Å². The van der Waals surface area contributed by atoms with Crippen molar-refractivity contribution in [2.75, 3.05) is 7.11 Å². The number of benzene rings is 2. The lowest BCUT2D eigenvalue weighted by Crippen LogP contribution is -2.46. The summed E-state index contributed by atoms with van der Waals surface area (Å²) >= 11 is 11.0. The van der Waals surface area contributed by atoms with Gasteiger partial charge in [-0.2, -0.15) is 0 Å². The van der Waals surface area contributed by atoms with Gasteiger partial charge in [-0.05, 0) is 36.0 Å². The van der Waals surface area contributed by atoms with E-state index in [9.17, 15) is 14.9 Å². The molecule has 0 aliphatic rings. The lowest BCUT2D eigenvalue weighted by atomic mass is 10.2. The first-order valence-electron chi connectivity index (χ1n) is 7.31. The van der Waals surface area contributed by atoms with E-state index in [-0.39, 0.29) is 21.4 Å². The highest BCUT2D eigenvalue weighted by Crippen LogP contribution is 2.22. The molecule has 8 nitrogen and oxygen atoms in total. The fourth-order valence-electron chi connectivity index (χ4n) is 1.95. The Bertz CT molecular complexity index is 829. The van der Waals surface area contributed by atoms with E-state index in [4.69, 9.17) is 28.6 Å². The topological polar surface area (TPSA) is 106 Å². The van der Waals surface area contributed by atoms with Gasteiger partial charge in [0.05, 0.1) is 22.6 Å². The number of nitro groups is 1. The molecular formula is C16H15ClN4O4S. The summed E-state index contributed by atoms with van der Waals surface area (Å²) < 4.78 is 5.08. The normalized spacial score (nSPS) is 9.92. The molecular weight excluding hydrogens is 380 g/mol. The monoisotopic (exact) mass is 394 g/mol. The van der Waals surface area contributed by atoms with Crippen molar-refractivity contribution < 1.29 is 14.5 Å². The number of ether oxygens (including phenoxy) is 1. The molecule has 3 N–H and O–H groups in total. The predicted molar refractivity (Wildman–Crippen MR) is 101 cm³/mol. The van der Waals surface area contributed by atoms with E-state index < -0.39 is 10.8 Å². The van der Waals surface area contributed by atoms with Gasteiger partial charge in [-0.3, -0.25) is 25.8 Å². The summed E-state index contributed by atoms with van der Waals surface area (Å²) in [6.07, 6.45) is 0. The zero-order chi connectivity index (χ0) is 19.1. The average molecular weight is 395 g/mol. The lowest BCUT2D eigenvalue weighted by molar-refractivity contribution is -0.384. The molecule has 0 bridgehead atoms. The van der Waals surface area contributed by atoms with Gasteiger partial charge in [-0.1, -0.05) is 23.7 Å². The van der Waals surface area contributed by atoms with Crippen LogP contribution in [0.15, 0.2) is 42.5 Å². The first-order valence-corrected chi connectivity index (χ1v) is 8.10. The van der Waals surface area contributed by atoms with E-state index in [1.165, 1.54) is 12.1 Å². The molecule has 136 valence electrons. The number of rotatable bonds is 5. The summed E-state index contributed by atoms with van der Waals surface area (Å²) in [6.45, 7) is 0.448. The molecule has 10 heteroatoms. The number of nitro benzene ring substituents is 1. The Morgan fingerprint density at radius 1 is 1.23 bits per heavy atom. The van der Waals surface area contributed by atoms with Crippen LogP contribution in [0.25, 0.3) is 0 Å². The van der Waals surface area contributed by atoms with Crippen molar-refractivity contribution in [2.45, 2.75) is 6.54 Å². The van der Waals surface area contributed by atoms with Crippen molar-refractivity contribution in [3.8, 4) is 5.75 Å². The van der Waals surface area contributed by atoms with E-state index >= 15 is 0 Å². The summed E-state index contributed by atoms with van der Waals surface area (Å²) in [4.78, 5) is 22.1. The van der Waals surface area contributed by atoms with Gasteiger partial charge in [-0.25, -0.2) is 0 Å². The fourth-order valence-corrected chi connectivity index (χ4v) is 2.34. The average Bonchev–Trinajstić information content (AvgIpc) is 2.64. The maximum absolute atomic E-state index is 12.1. The number of hydrogen-bond donors (Lipinski definition) is 3. The first-order chi connectivity index (χ1) is 12.4. The Morgan fingerprint density at radius 2 is 1.92 bits per heavy atom. The Labute approximate surface area is 159 Å². The predicted octanol–water partition coefficient (Wildman–Crippen LogP) is 2.57. The minimum absolute atomic E-state index is 0.0318. The number of halogens is 1. The SMILES string of the molecule is COc1ccc(CNC(=S)NNC(=O)c2ccc([N+](=O)[O-])cc2Cl)cc1. The smallest absolute Gasteiger partial charge is 0.271 e. The molecule has 2 aromatic rings. The largest absolute Gasteiger partial charge is 0.497 e. The van der Waals surface area contributed by atoms with Gasteiger partial charge in [0.1, 0.15) is 5.75 Å². The summed E-state index contributed by atoms with van der Waals surface area (Å²) in [5.74, 6) is 0.181. The van der Waals surface area contributed by atoms with Gasteiger partial charge < -0.3 is 10.1 Å². The van der Waals surface area contributed by atoms with Crippen molar-refractivity contribution in [3.63, 3.8) is 0 Å². The zero-order valence-electron chi connectivity index (χ0n) is 13.6. The highest BCUT2D eigenvalue weighted by Gasteiger charge is 2.15. The second-order valence-electron chi connectivity index (χ2n) is 5.03. The van der Waals surface area contributed by atoms with Crippen LogP contribution in [0, 0.1) is 10.1 Å². The van der Waals surface area contributed by atoms with Crippen LogP contribution in [-0.4, -0.2) is 23.1 Å². The van der Waals surface area contributed by atoms with Crippen LogP contribution >= 0.6 is 23.8 Å². The number of nitrogens with zero attached hydrogens (tertiary/aromatic N) is 1. The molecule has 0 unspecified atom stereocenters. The molecule has 0 radical (unpaired) electrons. The Kier molecular flexibility index (Phi) is 6.70. The number of amides is 1. The quantitative estimate of drug-likeness (QED) is 0.406. The van der Waals surface area contributed by atoms with Gasteiger partial charge in [0.25, 0.3) is 11.6 Å². The van der Waals surface area contributed by atoms with Crippen molar-refractivity contribution in [2.24, 2.45) is 0 Å². The van der Waals surface area contributed by atoms with Crippen LogP contribution in [0.2, 0.25) is 5.02 Å². The number of hydrogen-bond acceptors (Lipinski definition) is 5. The number of nitrogens with one attached hydrogen (secondary N) is 3. The maximum atomic E-state index is 12.1. The molecule has 0 saturated carbocycles. The lowest BCUT2D eigenvalue weighted by Gasteiger charge is -2.12. The second kappa shape index (κ2) is 8.97. The summed E-state index contributed by atoms with van der Waals surface area (Å²) in [6, 6.07) is 11.0.